The molecule has 0 radical (unpaired) electrons. The molecule has 4 heteroatoms. The summed E-state index contributed by atoms with van der Waals surface area (Å²) < 4.78 is 0. The van der Waals surface area contributed by atoms with E-state index in [2.05, 4.69) is 16.9 Å². The van der Waals surface area contributed by atoms with Crippen LogP contribution in [0, 0.1) is 0 Å². The van der Waals surface area contributed by atoms with Crippen molar-refractivity contribution in [2.45, 2.75) is 12.5 Å². The van der Waals surface area contributed by atoms with E-state index in [1.807, 2.05) is 30.3 Å². The van der Waals surface area contributed by atoms with Gasteiger partial charge in [0.15, 0.2) is 0 Å². The lowest BCUT2D eigenvalue weighted by Gasteiger charge is -2.13. The first-order valence-corrected chi connectivity index (χ1v) is 5.67. The lowest BCUT2D eigenvalue weighted by molar-refractivity contribution is -0.137. The van der Waals surface area contributed by atoms with E-state index in [1.165, 1.54) is 0 Å². The molecule has 0 spiro atoms. The van der Waals surface area contributed by atoms with Crippen molar-refractivity contribution in [1.29, 1.82) is 0 Å². The highest BCUT2D eigenvalue weighted by Gasteiger charge is 2.15. The Kier molecular flexibility index (Phi) is 3.57. The number of hydrogen-bond donors (Lipinski definition) is 2. The summed E-state index contributed by atoms with van der Waals surface area (Å²) in [6.07, 6.45) is 1.93. The fourth-order valence-corrected chi connectivity index (χ4v) is 1.71. The molecule has 1 aromatic carbocycles. The SMILES string of the molecule is C=CCC(Nc1ccc2ccccc2n1)C(=O)O. The molecule has 0 amide bonds. The van der Waals surface area contributed by atoms with E-state index in [9.17, 15) is 4.79 Å². The van der Waals surface area contributed by atoms with E-state index in [4.69, 9.17) is 5.11 Å². The summed E-state index contributed by atoms with van der Waals surface area (Å²) in [5.74, 6) is -0.354. The topological polar surface area (TPSA) is 62.2 Å². The van der Waals surface area contributed by atoms with Gasteiger partial charge in [-0.2, -0.15) is 0 Å². The second kappa shape index (κ2) is 5.31. The van der Waals surface area contributed by atoms with Crippen LogP contribution in [0.4, 0.5) is 5.82 Å². The van der Waals surface area contributed by atoms with Crippen LogP contribution in [0.25, 0.3) is 10.9 Å². The molecule has 1 unspecified atom stereocenters. The predicted molar refractivity (Wildman–Crippen MR) is 71.6 cm³/mol. The first-order valence-electron chi connectivity index (χ1n) is 5.67. The molecular formula is C14H14N2O2. The van der Waals surface area contributed by atoms with Crippen LogP contribution in [-0.4, -0.2) is 22.1 Å². The molecule has 1 aromatic heterocycles. The van der Waals surface area contributed by atoms with Gasteiger partial charge in [-0.25, -0.2) is 9.78 Å². The minimum absolute atomic E-state index is 0.351. The van der Waals surface area contributed by atoms with Crippen LogP contribution in [0.3, 0.4) is 0 Å². The summed E-state index contributed by atoms with van der Waals surface area (Å²) >= 11 is 0. The number of hydrogen-bond acceptors (Lipinski definition) is 3. The summed E-state index contributed by atoms with van der Waals surface area (Å²) in [5, 5.41) is 13.0. The molecule has 4 nitrogen and oxygen atoms in total. The molecule has 0 aliphatic carbocycles. The Morgan fingerprint density at radius 3 is 2.89 bits per heavy atom. The van der Waals surface area contributed by atoms with Gasteiger partial charge in [-0.05, 0) is 24.6 Å². The molecule has 0 bridgehead atoms. The van der Waals surface area contributed by atoms with E-state index in [0.29, 0.717) is 12.2 Å². The fourth-order valence-electron chi connectivity index (χ4n) is 1.71. The van der Waals surface area contributed by atoms with Crippen molar-refractivity contribution in [3.8, 4) is 0 Å². The number of benzene rings is 1. The number of carboxylic acids is 1. The van der Waals surface area contributed by atoms with Gasteiger partial charge in [-0.1, -0.05) is 24.3 Å². The van der Waals surface area contributed by atoms with E-state index in [0.717, 1.165) is 10.9 Å². The molecule has 18 heavy (non-hydrogen) atoms. The number of fused-ring (bicyclic) bond motifs is 1. The Balaban J connectivity index is 2.25. The number of carboxylic acid groups (broad SMARTS) is 1. The lowest BCUT2D eigenvalue weighted by Crippen LogP contribution is -2.28. The van der Waals surface area contributed by atoms with E-state index >= 15 is 0 Å². The standard InChI is InChI=1S/C14H14N2O2/c1-2-5-12(14(17)18)16-13-9-8-10-6-3-4-7-11(10)15-13/h2-4,6-9,12H,1,5H2,(H,15,16)(H,17,18). The number of rotatable bonds is 5. The van der Waals surface area contributed by atoms with Crippen molar-refractivity contribution in [2.24, 2.45) is 0 Å². The van der Waals surface area contributed by atoms with Crippen molar-refractivity contribution < 1.29 is 9.90 Å². The van der Waals surface area contributed by atoms with Crippen LogP contribution in [-0.2, 0) is 4.79 Å². The van der Waals surface area contributed by atoms with Crippen molar-refractivity contribution in [1.82, 2.24) is 4.98 Å². The van der Waals surface area contributed by atoms with Crippen LogP contribution in [0.2, 0.25) is 0 Å². The Labute approximate surface area is 105 Å². The zero-order valence-corrected chi connectivity index (χ0v) is 9.84. The summed E-state index contributed by atoms with van der Waals surface area (Å²) in [6, 6.07) is 10.7. The molecule has 92 valence electrons. The van der Waals surface area contributed by atoms with Crippen molar-refractivity contribution in [2.75, 3.05) is 5.32 Å². The third kappa shape index (κ3) is 2.66. The smallest absolute Gasteiger partial charge is 0.326 e. The zero-order chi connectivity index (χ0) is 13.0. The second-order valence-electron chi connectivity index (χ2n) is 3.95. The molecule has 2 N–H and O–H groups in total. The van der Waals surface area contributed by atoms with Gasteiger partial charge in [0.25, 0.3) is 0 Å². The highest BCUT2D eigenvalue weighted by Crippen LogP contribution is 2.15. The first-order chi connectivity index (χ1) is 8.70. The summed E-state index contributed by atoms with van der Waals surface area (Å²) in [5.41, 5.74) is 0.838. The van der Waals surface area contributed by atoms with Crippen LogP contribution in [0.1, 0.15) is 6.42 Å². The molecule has 2 aromatic rings. The van der Waals surface area contributed by atoms with E-state index in [1.54, 1.807) is 12.1 Å². The number of anilines is 1. The Morgan fingerprint density at radius 2 is 2.17 bits per heavy atom. The molecule has 0 aliphatic heterocycles. The lowest BCUT2D eigenvalue weighted by atomic mass is 10.2. The molecule has 1 heterocycles. The average molecular weight is 242 g/mol. The summed E-state index contributed by atoms with van der Waals surface area (Å²) in [7, 11) is 0. The number of nitrogens with zero attached hydrogens (tertiary/aromatic N) is 1. The maximum absolute atomic E-state index is 11.0. The highest BCUT2D eigenvalue weighted by molar-refractivity contribution is 5.81. The average Bonchev–Trinajstić information content (AvgIpc) is 2.38. The van der Waals surface area contributed by atoms with Gasteiger partial charge in [0.2, 0.25) is 0 Å². The number of nitrogens with one attached hydrogen (secondary N) is 1. The number of para-hydroxylation sites is 1. The Bertz CT molecular complexity index is 581. The van der Waals surface area contributed by atoms with Crippen LogP contribution in [0.5, 0.6) is 0 Å². The predicted octanol–water partition coefficient (Wildman–Crippen LogP) is 2.68. The summed E-state index contributed by atoms with van der Waals surface area (Å²) in [6.45, 7) is 3.55. The third-order valence-corrected chi connectivity index (χ3v) is 2.62. The minimum Gasteiger partial charge on any atom is -0.480 e. The quantitative estimate of drug-likeness (QED) is 0.791. The minimum atomic E-state index is -0.912. The fraction of sp³-hybridized carbons (Fsp3) is 0.143. The van der Waals surface area contributed by atoms with Gasteiger partial charge in [-0.15, -0.1) is 6.58 Å². The normalized spacial score (nSPS) is 12.0. The number of aromatic nitrogens is 1. The van der Waals surface area contributed by atoms with E-state index < -0.39 is 12.0 Å². The number of aliphatic carboxylic acids is 1. The van der Waals surface area contributed by atoms with Crippen molar-refractivity contribution >= 4 is 22.7 Å². The van der Waals surface area contributed by atoms with Gasteiger partial charge < -0.3 is 10.4 Å². The Morgan fingerprint density at radius 1 is 1.39 bits per heavy atom. The van der Waals surface area contributed by atoms with Gasteiger partial charge in [0.1, 0.15) is 11.9 Å². The monoisotopic (exact) mass is 242 g/mol. The Hall–Kier alpha value is -2.36. The van der Waals surface area contributed by atoms with E-state index in [-0.39, 0.29) is 0 Å². The zero-order valence-electron chi connectivity index (χ0n) is 9.84. The van der Waals surface area contributed by atoms with Crippen molar-refractivity contribution in [3.63, 3.8) is 0 Å². The molecule has 0 saturated heterocycles. The first kappa shape index (κ1) is 12.1. The van der Waals surface area contributed by atoms with Crippen LogP contribution in [0.15, 0.2) is 49.1 Å². The second-order valence-corrected chi connectivity index (χ2v) is 3.95. The van der Waals surface area contributed by atoms with Gasteiger partial charge in [0, 0.05) is 5.39 Å². The molecule has 2 rings (SSSR count). The maximum atomic E-state index is 11.0. The maximum Gasteiger partial charge on any atom is 0.326 e. The number of pyridine rings is 1. The van der Waals surface area contributed by atoms with Gasteiger partial charge in [-0.3, -0.25) is 0 Å². The molecular weight excluding hydrogens is 228 g/mol. The third-order valence-electron chi connectivity index (χ3n) is 2.62. The van der Waals surface area contributed by atoms with Crippen LogP contribution >= 0.6 is 0 Å². The van der Waals surface area contributed by atoms with Crippen molar-refractivity contribution in [3.05, 3.63) is 49.1 Å². The number of carbonyl (C=O) groups is 1. The molecule has 1 atom stereocenters. The molecule has 0 fully saturated rings. The van der Waals surface area contributed by atoms with Crippen LogP contribution < -0.4 is 5.32 Å². The molecule has 0 aliphatic rings. The molecule has 0 saturated carbocycles. The van der Waals surface area contributed by atoms with Gasteiger partial charge >= 0.3 is 5.97 Å². The summed E-state index contributed by atoms with van der Waals surface area (Å²) in [4.78, 5) is 15.4. The largest absolute Gasteiger partial charge is 0.480 e. The highest BCUT2D eigenvalue weighted by atomic mass is 16.4. The van der Waals surface area contributed by atoms with Gasteiger partial charge in [0.05, 0.1) is 5.52 Å².